The molecule has 10 heteroatoms. The van der Waals surface area contributed by atoms with E-state index in [1.807, 2.05) is 26.0 Å². The normalized spacial score (nSPS) is 13.1. The van der Waals surface area contributed by atoms with Crippen molar-refractivity contribution in [2.45, 2.75) is 39.2 Å². The number of carbonyl (C=O) groups excluding carboxylic acids is 1. The van der Waals surface area contributed by atoms with Gasteiger partial charge in [-0.1, -0.05) is 29.8 Å². The van der Waals surface area contributed by atoms with E-state index in [-0.39, 0.29) is 11.5 Å². The maximum atomic E-state index is 13.3. The number of halogens is 2. The molecule has 180 valence electrons. The summed E-state index contributed by atoms with van der Waals surface area (Å²) in [6.07, 6.45) is 1.53. The van der Waals surface area contributed by atoms with Gasteiger partial charge in [0.15, 0.2) is 17.6 Å². The van der Waals surface area contributed by atoms with Gasteiger partial charge in [-0.3, -0.25) is 4.79 Å². The van der Waals surface area contributed by atoms with E-state index in [1.165, 1.54) is 18.9 Å². The van der Waals surface area contributed by atoms with Crippen LogP contribution in [0, 0.1) is 0 Å². The average molecular weight is 595 g/mol. The first-order valence-corrected chi connectivity index (χ1v) is 12.2. The standard InChI is InChI=1S/C24H25Br2N3O5/c1-6-13(2)22-28-19-8-7-16(25)11-17(19)23(30)29(22)27-12-15-9-18(26)21(20(10-15)32-4)34-14(3)24(31)33-5/h7-14H,6H2,1-5H3/t13-,14+/m1/s1. The first-order chi connectivity index (χ1) is 16.2. The van der Waals surface area contributed by atoms with E-state index < -0.39 is 12.1 Å². The molecule has 8 nitrogen and oxygen atoms in total. The van der Waals surface area contributed by atoms with Gasteiger partial charge >= 0.3 is 5.97 Å². The maximum absolute atomic E-state index is 13.3. The Morgan fingerprint density at radius 2 is 1.94 bits per heavy atom. The van der Waals surface area contributed by atoms with Crippen LogP contribution in [0.2, 0.25) is 0 Å². The monoisotopic (exact) mass is 593 g/mol. The Kier molecular flexibility index (Phi) is 8.48. The van der Waals surface area contributed by atoms with Crippen LogP contribution >= 0.6 is 31.9 Å². The lowest BCUT2D eigenvalue weighted by molar-refractivity contribution is -0.147. The molecule has 0 saturated carbocycles. The van der Waals surface area contributed by atoms with Crippen molar-refractivity contribution < 1.29 is 19.0 Å². The van der Waals surface area contributed by atoms with Gasteiger partial charge in [0.25, 0.3) is 5.56 Å². The second-order valence-corrected chi connectivity index (χ2v) is 9.39. The second-order valence-electron chi connectivity index (χ2n) is 7.62. The highest BCUT2D eigenvalue weighted by molar-refractivity contribution is 9.10. The number of rotatable bonds is 8. The summed E-state index contributed by atoms with van der Waals surface area (Å²) in [5.74, 6) is 0.840. The minimum absolute atomic E-state index is 0.0229. The van der Waals surface area contributed by atoms with Crippen molar-refractivity contribution in [2.24, 2.45) is 5.10 Å². The Labute approximate surface area is 214 Å². The first-order valence-electron chi connectivity index (χ1n) is 10.6. The fourth-order valence-corrected chi connectivity index (χ4v) is 4.14. The fourth-order valence-electron chi connectivity index (χ4n) is 3.22. The Morgan fingerprint density at radius 1 is 1.21 bits per heavy atom. The zero-order chi connectivity index (χ0) is 25.0. The smallest absolute Gasteiger partial charge is 0.346 e. The van der Waals surface area contributed by atoms with Crippen LogP contribution in [-0.4, -0.2) is 42.2 Å². The van der Waals surface area contributed by atoms with Crippen molar-refractivity contribution in [3.05, 3.63) is 61.0 Å². The minimum Gasteiger partial charge on any atom is -0.493 e. The summed E-state index contributed by atoms with van der Waals surface area (Å²) in [4.78, 5) is 29.8. The summed E-state index contributed by atoms with van der Waals surface area (Å²) in [5, 5.41) is 4.95. The highest BCUT2D eigenvalue weighted by atomic mass is 79.9. The predicted molar refractivity (Wildman–Crippen MR) is 138 cm³/mol. The lowest BCUT2D eigenvalue weighted by Crippen LogP contribution is -2.25. The molecule has 0 saturated heterocycles. The summed E-state index contributed by atoms with van der Waals surface area (Å²) in [6.45, 7) is 5.63. The molecular weight excluding hydrogens is 570 g/mol. The molecule has 34 heavy (non-hydrogen) atoms. The lowest BCUT2D eigenvalue weighted by Gasteiger charge is -2.17. The van der Waals surface area contributed by atoms with E-state index in [2.05, 4.69) is 37.0 Å². The fraction of sp³-hybridized carbons (Fsp3) is 0.333. The molecule has 0 radical (unpaired) electrons. The molecule has 0 aliphatic heterocycles. The number of hydrogen-bond donors (Lipinski definition) is 0. The maximum Gasteiger partial charge on any atom is 0.346 e. The number of fused-ring (bicyclic) bond motifs is 1. The SMILES string of the molecule is CC[C@@H](C)c1nc2ccc(Br)cc2c(=O)n1N=Cc1cc(Br)c(O[C@@H](C)C(=O)OC)c(OC)c1. The van der Waals surface area contributed by atoms with Gasteiger partial charge in [-0.25, -0.2) is 9.78 Å². The van der Waals surface area contributed by atoms with Gasteiger partial charge in [0.05, 0.1) is 35.8 Å². The van der Waals surface area contributed by atoms with Crippen LogP contribution in [0.1, 0.15) is 44.5 Å². The van der Waals surface area contributed by atoms with Gasteiger partial charge in [-0.2, -0.15) is 9.78 Å². The number of nitrogens with zero attached hydrogens (tertiary/aromatic N) is 3. The number of aromatic nitrogens is 2. The van der Waals surface area contributed by atoms with Crippen molar-refractivity contribution in [2.75, 3.05) is 14.2 Å². The predicted octanol–water partition coefficient (Wildman–Crippen LogP) is 5.27. The molecule has 0 N–H and O–H groups in total. The molecule has 0 amide bonds. The number of benzene rings is 2. The topological polar surface area (TPSA) is 92.0 Å². The van der Waals surface area contributed by atoms with Crippen molar-refractivity contribution in [3.8, 4) is 11.5 Å². The zero-order valence-electron chi connectivity index (χ0n) is 19.5. The highest BCUT2D eigenvalue weighted by Gasteiger charge is 2.20. The van der Waals surface area contributed by atoms with Crippen LogP contribution in [0.5, 0.6) is 11.5 Å². The van der Waals surface area contributed by atoms with Gasteiger partial charge in [-0.15, -0.1) is 0 Å². The van der Waals surface area contributed by atoms with Crippen molar-refractivity contribution in [1.82, 2.24) is 9.66 Å². The number of esters is 1. The minimum atomic E-state index is -0.825. The first kappa shape index (κ1) is 25.9. The van der Waals surface area contributed by atoms with Gasteiger partial charge < -0.3 is 14.2 Å². The average Bonchev–Trinajstić information content (AvgIpc) is 2.83. The Balaban J connectivity index is 2.07. The van der Waals surface area contributed by atoms with E-state index in [0.29, 0.717) is 38.3 Å². The van der Waals surface area contributed by atoms with E-state index in [0.717, 1.165) is 10.9 Å². The Bertz CT molecular complexity index is 1310. The molecule has 1 aromatic heterocycles. The summed E-state index contributed by atoms with van der Waals surface area (Å²) in [6, 6.07) is 8.87. The van der Waals surface area contributed by atoms with E-state index in [4.69, 9.17) is 19.2 Å². The molecular formula is C24H25Br2N3O5. The van der Waals surface area contributed by atoms with Crippen molar-refractivity contribution in [3.63, 3.8) is 0 Å². The number of carbonyl (C=O) groups is 1. The molecule has 2 aromatic carbocycles. The quantitative estimate of drug-likeness (QED) is 0.261. The number of ether oxygens (including phenoxy) is 3. The lowest BCUT2D eigenvalue weighted by atomic mass is 10.1. The molecule has 3 aromatic rings. The van der Waals surface area contributed by atoms with Crippen LogP contribution < -0.4 is 15.0 Å². The van der Waals surface area contributed by atoms with Gasteiger partial charge in [0.2, 0.25) is 0 Å². The van der Waals surface area contributed by atoms with Crippen LogP contribution in [0.4, 0.5) is 0 Å². The second kappa shape index (κ2) is 11.1. The summed E-state index contributed by atoms with van der Waals surface area (Å²) < 4.78 is 18.6. The van der Waals surface area contributed by atoms with E-state index in [1.54, 1.807) is 31.3 Å². The van der Waals surface area contributed by atoms with Crippen LogP contribution in [-0.2, 0) is 9.53 Å². The summed E-state index contributed by atoms with van der Waals surface area (Å²) in [7, 11) is 2.79. The van der Waals surface area contributed by atoms with Gasteiger partial charge in [0, 0.05) is 10.4 Å². The Morgan fingerprint density at radius 3 is 2.59 bits per heavy atom. The molecule has 2 atom stereocenters. The van der Waals surface area contributed by atoms with Gasteiger partial charge in [0.1, 0.15) is 5.82 Å². The van der Waals surface area contributed by atoms with E-state index in [9.17, 15) is 9.59 Å². The third kappa shape index (κ3) is 5.50. The summed E-state index contributed by atoms with van der Waals surface area (Å²) in [5.41, 5.74) is 1.02. The largest absolute Gasteiger partial charge is 0.493 e. The third-order valence-corrected chi connectivity index (χ3v) is 6.37. The van der Waals surface area contributed by atoms with Crippen LogP contribution in [0.25, 0.3) is 10.9 Å². The van der Waals surface area contributed by atoms with Crippen LogP contribution in [0.3, 0.4) is 0 Å². The van der Waals surface area contributed by atoms with Crippen molar-refractivity contribution >= 4 is 54.9 Å². The third-order valence-electron chi connectivity index (χ3n) is 5.29. The zero-order valence-corrected chi connectivity index (χ0v) is 22.6. The molecule has 1 heterocycles. The molecule has 3 rings (SSSR count). The van der Waals surface area contributed by atoms with Gasteiger partial charge in [-0.05, 0) is 65.2 Å². The molecule has 0 unspecified atom stereocenters. The number of methoxy groups -OCH3 is 2. The molecule has 0 fully saturated rings. The Hall–Kier alpha value is -2.72. The van der Waals surface area contributed by atoms with Crippen LogP contribution in [0.15, 0.2) is 49.2 Å². The molecule has 0 bridgehead atoms. The molecule has 0 aliphatic carbocycles. The number of hydrogen-bond acceptors (Lipinski definition) is 7. The molecule has 0 aliphatic rings. The van der Waals surface area contributed by atoms with E-state index >= 15 is 0 Å². The van der Waals surface area contributed by atoms with Crippen molar-refractivity contribution in [1.29, 1.82) is 0 Å². The molecule has 0 spiro atoms. The highest BCUT2D eigenvalue weighted by Crippen LogP contribution is 2.37. The summed E-state index contributed by atoms with van der Waals surface area (Å²) >= 11 is 6.88.